The minimum atomic E-state index is -0.0665. The zero-order chi connectivity index (χ0) is 16.2. The highest BCUT2D eigenvalue weighted by atomic mass is 35.5. The van der Waals surface area contributed by atoms with E-state index in [-0.39, 0.29) is 6.04 Å². The van der Waals surface area contributed by atoms with E-state index in [9.17, 15) is 0 Å². The Balaban J connectivity index is 1.87. The average molecular weight is 370 g/mol. The van der Waals surface area contributed by atoms with E-state index in [1.165, 1.54) is 0 Å². The zero-order valence-corrected chi connectivity index (χ0v) is 15.0. The van der Waals surface area contributed by atoms with Gasteiger partial charge in [0, 0.05) is 18.2 Å². The molecule has 122 valence electrons. The second-order valence-corrected chi connectivity index (χ2v) is 7.09. The molecule has 1 aromatic heterocycles. The molecule has 0 amide bonds. The molecule has 2 aromatic rings. The Kier molecular flexibility index (Phi) is 5.51. The number of aliphatic imine (C=N–C) groups is 1. The van der Waals surface area contributed by atoms with Gasteiger partial charge in [-0.05, 0) is 18.1 Å². The normalized spacial score (nSPS) is 15.5. The quantitative estimate of drug-likeness (QED) is 0.841. The summed E-state index contributed by atoms with van der Waals surface area (Å²) in [5, 5.41) is 9.55. The molecule has 0 aliphatic carbocycles. The van der Waals surface area contributed by atoms with Crippen LogP contribution >= 0.6 is 35.0 Å². The van der Waals surface area contributed by atoms with Crippen LogP contribution in [-0.4, -0.2) is 22.6 Å². The smallest absolute Gasteiger partial charge is 0.157 e. The summed E-state index contributed by atoms with van der Waals surface area (Å²) in [6.07, 6.45) is 1.48. The lowest BCUT2D eigenvalue weighted by Crippen LogP contribution is -2.27. The lowest BCUT2D eigenvalue weighted by atomic mass is 10.0. The van der Waals surface area contributed by atoms with E-state index in [2.05, 4.69) is 22.4 Å². The summed E-state index contributed by atoms with van der Waals surface area (Å²) in [4.78, 5) is 4.46. The molecule has 0 bridgehead atoms. The molecule has 1 atom stereocenters. The van der Waals surface area contributed by atoms with E-state index in [0.29, 0.717) is 16.5 Å². The molecule has 3 rings (SSSR count). The second-order valence-electron chi connectivity index (χ2n) is 5.22. The van der Waals surface area contributed by atoms with Crippen molar-refractivity contribution in [3.8, 4) is 0 Å². The monoisotopic (exact) mass is 369 g/mol. The van der Waals surface area contributed by atoms with Crippen molar-refractivity contribution in [2.75, 3.05) is 12.3 Å². The van der Waals surface area contributed by atoms with Gasteiger partial charge in [-0.1, -0.05) is 59.2 Å². The first-order chi connectivity index (χ1) is 11.2. The molecule has 1 aromatic carbocycles. The van der Waals surface area contributed by atoms with Crippen molar-refractivity contribution in [3.05, 3.63) is 51.3 Å². The summed E-state index contributed by atoms with van der Waals surface area (Å²) in [5.74, 6) is 1.82. The lowest BCUT2D eigenvalue weighted by Gasteiger charge is -2.20. The maximum absolute atomic E-state index is 6.41. The molecule has 2 heterocycles. The van der Waals surface area contributed by atoms with Crippen LogP contribution in [0.5, 0.6) is 0 Å². The SMILES string of the molecule is CCc1cc(CC(NC2=NCCS2)c2cccc(Cl)c2Cl)on1. The molecule has 0 spiro atoms. The van der Waals surface area contributed by atoms with Crippen molar-refractivity contribution in [3.63, 3.8) is 0 Å². The molecular formula is C16H17Cl2N3OS. The molecule has 7 heteroatoms. The van der Waals surface area contributed by atoms with Crippen LogP contribution in [0, 0.1) is 0 Å². The Bertz CT molecular complexity index is 717. The third kappa shape index (κ3) is 4.03. The van der Waals surface area contributed by atoms with Crippen LogP contribution in [0.4, 0.5) is 0 Å². The Hall–Kier alpha value is -1.17. The van der Waals surface area contributed by atoms with Gasteiger partial charge >= 0.3 is 0 Å². The van der Waals surface area contributed by atoms with E-state index in [0.717, 1.165) is 40.9 Å². The summed E-state index contributed by atoms with van der Waals surface area (Å²) in [5.41, 5.74) is 1.88. The van der Waals surface area contributed by atoms with Crippen LogP contribution in [0.15, 0.2) is 33.8 Å². The van der Waals surface area contributed by atoms with Crippen LogP contribution < -0.4 is 5.32 Å². The first-order valence-electron chi connectivity index (χ1n) is 7.49. The number of aromatic nitrogens is 1. The summed E-state index contributed by atoms with van der Waals surface area (Å²) in [6.45, 7) is 2.89. The third-order valence-electron chi connectivity index (χ3n) is 3.62. The van der Waals surface area contributed by atoms with Gasteiger partial charge in [0.25, 0.3) is 0 Å². The maximum Gasteiger partial charge on any atom is 0.157 e. The standard InChI is InChI=1S/C16H17Cl2N3OS/c1-2-10-8-11(22-21-10)9-14(20-16-19-6-7-23-16)12-4-3-5-13(17)15(12)18/h3-5,8,14H,2,6-7,9H2,1H3,(H,19,20). The predicted octanol–water partition coefficient (Wildman–Crippen LogP) is 4.52. The predicted molar refractivity (Wildman–Crippen MR) is 96.7 cm³/mol. The summed E-state index contributed by atoms with van der Waals surface area (Å²) >= 11 is 14.3. The number of rotatable bonds is 5. The molecule has 0 saturated heterocycles. The molecule has 0 saturated carbocycles. The number of thioether (sulfide) groups is 1. The minimum absolute atomic E-state index is 0.0665. The second kappa shape index (κ2) is 7.60. The average Bonchev–Trinajstić information content (AvgIpc) is 3.21. The Morgan fingerprint density at radius 2 is 2.26 bits per heavy atom. The minimum Gasteiger partial charge on any atom is -0.361 e. The summed E-state index contributed by atoms with van der Waals surface area (Å²) in [6, 6.07) is 7.58. The van der Waals surface area contributed by atoms with Gasteiger partial charge in [0.1, 0.15) is 5.76 Å². The van der Waals surface area contributed by atoms with Crippen molar-refractivity contribution < 1.29 is 4.52 Å². The van der Waals surface area contributed by atoms with Crippen LogP contribution in [0.25, 0.3) is 0 Å². The van der Waals surface area contributed by atoms with Gasteiger partial charge in [0.2, 0.25) is 0 Å². The van der Waals surface area contributed by atoms with Gasteiger partial charge < -0.3 is 9.84 Å². The summed E-state index contributed by atoms with van der Waals surface area (Å²) < 4.78 is 5.43. The number of nitrogens with zero attached hydrogens (tertiary/aromatic N) is 2. The molecule has 0 fully saturated rings. The molecular weight excluding hydrogens is 353 g/mol. The van der Waals surface area contributed by atoms with Crippen LogP contribution in [0.2, 0.25) is 10.0 Å². The van der Waals surface area contributed by atoms with Crippen LogP contribution in [0.1, 0.15) is 30.0 Å². The van der Waals surface area contributed by atoms with Crippen molar-refractivity contribution >= 4 is 40.1 Å². The molecule has 1 N–H and O–H groups in total. The highest BCUT2D eigenvalue weighted by Gasteiger charge is 2.21. The number of benzene rings is 1. The van der Waals surface area contributed by atoms with Gasteiger partial charge in [-0.3, -0.25) is 4.99 Å². The number of hydrogen-bond acceptors (Lipinski definition) is 5. The fourth-order valence-electron chi connectivity index (χ4n) is 2.42. The fourth-order valence-corrected chi connectivity index (χ4v) is 3.64. The molecule has 1 aliphatic rings. The van der Waals surface area contributed by atoms with Gasteiger partial charge in [-0.25, -0.2) is 0 Å². The maximum atomic E-state index is 6.41. The Morgan fingerprint density at radius 3 is 2.96 bits per heavy atom. The van der Waals surface area contributed by atoms with Crippen molar-refractivity contribution in [1.82, 2.24) is 10.5 Å². The fraction of sp³-hybridized carbons (Fsp3) is 0.375. The number of amidine groups is 1. The topological polar surface area (TPSA) is 50.4 Å². The van der Waals surface area contributed by atoms with Crippen molar-refractivity contribution in [1.29, 1.82) is 0 Å². The van der Waals surface area contributed by atoms with E-state index >= 15 is 0 Å². The van der Waals surface area contributed by atoms with Gasteiger partial charge in [0.15, 0.2) is 5.17 Å². The van der Waals surface area contributed by atoms with E-state index < -0.39 is 0 Å². The number of nitrogens with one attached hydrogen (secondary N) is 1. The zero-order valence-electron chi connectivity index (χ0n) is 12.7. The van der Waals surface area contributed by atoms with Gasteiger partial charge in [-0.15, -0.1) is 0 Å². The molecule has 1 unspecified atom stereocenters. The first-order valence-corrected chi connectivity index (χ1v) is 9.23. The van der Waals surface area contributed by atoms with Crippen LogP contribution in [-0.2, 0) is 12.8 Å². The molecule has 4 nitrogen and oxygen atoms in total. The Morgan fingerprint density at radius 1 is 1.39 bits per heavy atom. The van der Waals surface area contributed by atoms with Gasteiger partial charge in [-0.2, -0.15) is 0 Å². The van der Waals surface area contributed by atoms with Crippen LogP contribution in [0.3, 0.4) is 0 Å². The highest BCUT2D eigenvalue weighted by molar-refractivity contribution is 8.14. The Labute approximate surface area is 149 Å². The summed E-state index contributed by atoms with van der Waals surface area (Å²) in [7, 11) is 0. The number of hydrogen-bond donors (Lipinski definition) is 1. The highest BCUT2D eigenvalue weighted by Crippen LogP contribution is 2.32. The van der Waals surface area contributed by atoms with Crippen molar-refractivity contribution in [2.24, 2.45) is 4.99 Å². The number of aryl methyl sites for hydroxylation is 1. The molecule has 1 aliphatic heterocycles. The third-order valence-corrected chi connectivity index (χ3v) is 5.36. The van der Waals surface area contributed by atoms with E-state index in [4.69, 9.17) is 27.7 Å². The molecule has 23 heavy (non-hydrogen) atoms. The number of halogens is 2. The van der Waals surface area contributed by atoms with E-state index in [1.54, 1.807) is 17.8 Å². The largest absolute Gasteiger partial charge is 0.361 e. The first kappa shape index (κ1) is 16.7. The van der Waals surface area contributed by atoms with E-state index in [1.807, 2.05) is 18.2 Å². The van der Waals surface area contributed by atoms with Gasteiger partial charge in [0.05, 0.1) is 28.3 Å². The molecule has 0 radical (unpaired) electrons. The lowest BCUT2D eigenvalue weighted by molar-refractivity contribution is 0.367. The van der Waals surface area contributed by atoms with Crippen molar-refractivity contribution in [2.45, 2.75) is 25.8 Å².